The van der Waals surface area contributed by atoms with Gasteiger partial charge >= 0.3 is 0 Å². The first-order chi connectivity index (χ1) is 22.7. The molecule has 0 heterocycles. The van der Waals surface area contributed by atoms with E-state index < -0.39 is 8.07 Å². The van der Waals surface area contributed by atoms with Gasteiger partial charge < -0.3 is 4.74 Å². The number of hydrogen-bond acceptors (Lipinski definition) is 1. The van der Waals surface area contributed by atoms with E-state index in [1.807, 2.05) is 7.11 Å². The molecule has 7 atom stereocenters. The summed E-state index contributed by atoms with van der Waals surface area (Å²) in [7, 11) is 0.0846. The van der Waals surface area contributed by atoms with Crippen molar-refractivity contribution in [1.82, 2.24) is 0 Å². The van der Waals surface area contributed by atoms with Crippen LogP contribution in [0.3, 0.4) is 0 Å². The lowest BCUT2D eigenvalue weighted by Gasteiger charge is -2.46. The highest BCUT2D eigenvalue weighted by Gasteiger charge is 2.57. The second-order valence-corrected chi connectivity index (χ2v) is 24.6. The van der Waals surface area contributed by atoms with Crippen LogP contribution in [0.4, 0.5) is 0 Å². The summed E-state index contributed by atoms with van der Waals surface area (Å²) in [5.74, 6) is 4.15. The molecule has 4 aliphatic carbocycles. The van der Waals surface area contributed by atoms with E-state index in [0.717, 1.165) is 16.8 Å². The summed E-state index contributed by atoms with van der Waals surface area (Å²) in [5, 5.41) is 0. The van der Waals surface area contributed by atoms with Gasteiger partial charge in [0.1, 0.15) is 5.76 Å². The van der Waals surface area contributed by atoms with Crippen molar-refractivity contribution in [2.24, 2.45) is 40.4 Å². The van der Waals surface area contributed by atoms with Crippen molar-refractivity contribution in [3.05, 3.63) is 104 Å². The molecular weight excluding hydrogens is 609 g/mol. The minimum absolute atomic E-state index is 0.0118. The zero-order chi connectivity index (χ0) is 36.0. The topological polar surface area (TPSA) is 9.23 Å². The molecule has 2 heteroatoms. The molecule has 1 nitrogen and oxygen atoms in total. The number of ether oxygens (including phenoxy) is 1. The van der Waals surface area contributed by atoms with E-state index in [2.05, 4.69) is 145 Å². The molecular formula is C47H66OSi. The molecule has 4 aliphatic rings. The minimum atomic E-state index is -1.83. The van der Waals surface area contributed by atoms with Crippen molar-refractivity contribution < 1.29 is 4.74 Å². The van der Waals surface area contributed by atoms with Crippen molar-refractivity contribution in [3.63, 3.8) is 0 Å². The Labute approximate surface area is 301 Å². The number of allylic oxidation sites excluding steroid dienone is 7. The number of methoxy groups -OCH3 is 1. The summed E-state index contributed by atoms with van der Waals surface area (Å²) < 4.78 is 6.45. The molecule has 49 heavy (non-hydrogen) atoms. The first kappa shape index (κ1) is 36.2. The average Bonchev–Trinajstić information content (AvgIpc) is 3.54. The fourth-order valence-corrected chi connectivity index (χ4v) is 17.4. The van der Waals surface area contributed by atoms with Crippen LogP contribution in [-0.2, 0) is 4.74 Å². The lowest BCUT2D eigenvalue weighted by atomic mass is 9.69. The van der Waals surface area contributed by atoms with Crippen molar-refractivity contribution in [2.75, 3.05) is 7.11 Å². The Morgan fingerprint density at radius 2 is 1.12 bits per heavy atom. The van der Waals surface area contributed by atoms with E-state index in [-0.39, 0.29) is 10.8 Å². The van der Waals surface area contributed by atoms with Gasteiger partial charge in [0.2, 0.25) is 0 Å². The quantitative estimate of drug-likeness (QED) is 0.287. The Bertz CT molecular complexity index is 1720. The first-order valence-electron chi connectivity index (χ1n) is 19.4. The Morgan fingerprint density at radius 3 is 1.61 bits per heavy atom. The maximum atomic E-state index is 6.45. The van der Waals surface area contributed by atoms with Gasteiger partial charge in [0, 0.05) is 5.57 Å². The number of rotatable bonds is 5. The highest BCUT2D eigenvalue weighted by atomic mass is 28.3. The van der Waals surface area contributed by atoms with Crippen LogP contribution in [0.1, 0.15) is 108 Å². The van der Waals surface area contributed by atoms with Crippen molar-refractivity contribution in [3.8, 4) is 0 Å². The van der Waals surface area contributed by atoms with E-state index in [4.69, 9.17) is 4.74 Å². The molecule has 264 valence electrons. The lowest BCUT2D eigenvalue weighted by Crippen LogP contribution is -2.45. The van der Waals surface area contributed by atoms with Gasteiger partial charge in [0.25, 0.3) is 0 Å². The molecule has 6 rings (SSSR count). The van der Waals surface area contributed by atoms with Crippen molar-refractivity contribution >= 4 is 19.2 Å². The van der Waals surface area contributed by atoms with Gasteiger partial charge in [-0.3, -0.25) is 0 Å². The van der Waals surface area contributed by atoms with E-state index in [9.17, 15) is 0 Å². The van der Waals surface area contributed by atoms with Crippen LogP contribution in [0.5, 0.6) is 0 Å². The van der Waals surface area contributed by atoms with Gasteiger partial charge in [-0.05, 0) is 132 Å². The fourth-order valence-electron chi connectivity index (χ4n) is 11.8. The summed E-state index contributed by atoms with van der Waals surface area (Å²) in [4.78, 5) is 0. The summed E-state index contributed by atoms with van der Waals surface area (Å²) >= 11 is 0. The van der Waals surface area contributed by atoms with Gasteiger partial charge in [-0.15, -0.1) is 0 Å². The molecule has 0 aliphatic heterocycles. The molecule has 0 saturated heterocycles. The third kappa shape index (κ3) is 6.32. The number of hydrogen-bond donors (Lipinski definition) is 0. The highest BCUT2D eigenvalue weighted by molar-refractivity contribution is 6.80. The largest absolute Gasteiger partial charge is 0.496 e. The molecule has 2 fully saturated rings. The van der Waals surface area contributed by atoms with E-state index >= 15 is 0 Å². The van der Waals surface area contributed by atoms with Crippen LogP contribution in [-0.4, -0.2) is 15.2 Å². The van der Waals surface area contributed by atoms with Gasteiger partial charge in [-0.2, -0.15) is 0 Å². The van der Waals surface area contributed by atoms with Crippen LogP contribution < -0.4 is 0 Å². The molecule has 0 bridgehead atoms. The average molecular weight is 675 g/mol. The molecule has 2 saturated carbocycles. The minimum Gasteiger partial charge on any atom is -0.496 e. The van der Waals surface area contributed by atoms with Gasteiger partial charge in [-0.1, -0.05) is 139 Å². The molecule has 2 aromatic rings. The zero-order valence-corrected chi connectivity index (χ0v) is 34.7. The monoisotopic (exact) mass is 674 g/mol. The maximum absolute atomic E-state index is 6.45. The Hall–Kier alpha value is -2.58. The Balaban J connectivity index is 1.46. The molecule has 0 amide bonds. The van der Waals surface area contributed by atoms with E-state index in [1.54, 1.807) is 16.7 Å². The zero-order valence-electron chi connectivity index (χ0n) is 33.7. The predicted molar refractivity (Wildman–Crippen MR) is 215 cm³/mol. The summed E-state index contributed by atoms with van der Waals surface area (Å²) in [6, 6.07) is 14.5. The summed E-state index contributed by atoms with van der Waals surface area (Å²) in [5.41, 5.74) is 17.7. The smallest absolute Gasteiger partial charge is 0.126 e. The van der Waals surface area contributed by atoms with Crippen LogP contribution in [0, 0.1) is 68.1 Å². The molecule has 7 unspecified atom stereocenters. The van der Waals surface area contributed by atoms with Crippen molar-refractivity contribution in [1.29, 1.82) is 0 Å². The molecule has 0 spiro atoms. The van der Waals surface area contributed by atoms with Gasteiger partial charge in [0.05, 0.1) is 15.2 Å². The van der Waals surface area contributed by atoms with Crippen LogP contribution >= 0.6 is 0 Å². The third-order valence-corrected chi connectivity index (χ3v) is 18.6. The van der Waals surface area contributed by atoms with E-state index in [1.165, 1.54) is 63.8 Å². The standard InChI is InChI=1S/C47H66OSi/c1-27-18-28(2)21-33(20-27)42-32(6)39(46(7,8)9)25-36-35(42)16-17-41(36)49(14,15)45-31(5)24-37-38(45)26-40(47(10,11)12)44(48-13)43(37)34-22-29(3)19-30(4)23-34/h18-23,25-26,31,35-38,41,45H,16-17,24H2,1-15H3. The summed E-state index contributed by atoms with van der Waals surface area (Å²) in [6.45, 7) is 34.2. The van der Waals surface area contributed by atoms with Crippen LogP contribution in [0.15, 0.2) is 71.0 Å². The molecule has 0 aromatic heterocycles. The molecule has 0 radical (unpaired) electrons. The molecule has 2 aromatic carbocycles. The number of fused-ring (bicyclic) bond motifs is 2. The Morgan fingerprint density at radius 1 is 0.633 bits per heavy atom. The number of benzene rings is 2. The molecule has 0 N–H and O–H groups in total. The Kier molecular flexibility index (Phi) is 9.29. The second-order valence-electron chi connectivity index (χ2n) is 19.5. The van der Waals surface area contributed by atoms with Crippen LogP contribution in [0.2, 0.25) is 24.2 Å². The lowest BCUT2D eigenvalue weighted by molar-refractivity contribution is 0.274. The number of aryl methyl sites for hydroxylation is 4. The highest BCUT2D eigenvalue weighted by Crippen LogP contribution is 2.66. The van der Waals surface area contributed by atoms with Crippen molar-refractivity contribution in [2.45, 2.75) is 127 Å². The predicted octanol–water partition coefficient (Wildman–Crippen LogP) is 13.5. The van der Waals surface area contributed by atoms with Gasteiger partial charge in [-0.25, -0.2) is 0 Å². The fraction of sp³-hybridized carbons (Fsp3) is 0.574. The first-order valence-corrected chi connectivity index (χ1v) is 22.5. The SMILES string of the molecule is COC1=C(c2cc(C)cc(C)c2)C2CC(C)C([Si](C)(C)C3CCC4C(c5cc(C)cc(C)c5)=C(C)C(C(C)(C)C)=CC43)C2C=C1C(C)(C)C. The summed E-state index contributed by atoms with van der Waals surface area (Å²) in [6.07, 6.45) is 9.50. The van der Waals surface area contributed by atoms with Crippen LogP contribution in [0.25, 0.3) is 11.1 Å². The second kappa shape index (κ2) is 12.6. The van der Waals surface area contributed by atoms with Gasteiger partial charge in [0.15, 0.2) is 0 Å². The maximum Gasteiger partial charge on any atom is 0.126 e. The van der Waals surface area contributed by atoms with E-state index in [0.29, 0.717) is 29.6 Å². The third-order valence-electron chi connectivity index (χ3n) is 13.3. The normalized spacial score (nSPS) is 29.2.